The minimum atomic E-state index is -0.325. The first kappa shape index (κ1) is 12.1. The van der Waals surface area contributed by atoms with Gasteiger partial charge in [-0.3, -0.25) is 10.00 Å². The Balaban J connectivity index is 1.82. The number of hydrogen-bond acceptors (Lipinski definition) is 3. The lowest BCUT2D eigenvalue weighted by atomic mass is 9.92. The fourth-order valence-corrected chi connectivity index (χ4v) is 2.11. The topological polar surface area (TPSA) is 53.6 Å². The average molecular weight is 232 g/mol. The summed E-state index contributed by atoms with van der Waals surface area (Å²) in [5, 5.41) is 17.0. The maximum atomic E-state index is 9.38. The van der Waals surface area contributed by atoms with E-state index in [2.05, 4.69) is 23.4 Å². The van der Waals surface area contributed by atoms with Gasteiger partial charge in [-0.2, -0.15) is 10.4 Å². The van der Waals surface area contributed by atoms with Crippen LogP contribution in [-0.2, 0) is 6.54 Å². The van der Waals surface area contributed by atoms with Crippen molar-refractivity contribution in [2.45, 2.75) is 57.2 Å². The molecule has 4 nitrogen and oxygen atoms in total. The third-order valence-electron chi connectivity index (χ3n) is 3.43. The van der Waals surface area contributed by atoms with Crippen LogP contribution in [0.5, 0.6) is 0 Å². The predicted molar refractivity (Wildman–Crippen MR) is 66.3 cm³/mol. The summed E-state index contributed by atoms with van der Waals surface area (Å²) in [4.78, 5) is 0. The van der Waals surface area contributed by atoms with Gasteiger partial charge in [-0.25, -0.2) is 0 Å². The molecule has 92 valence electrons. The number of nitrogens with one attached hydrogen (secondary N) is 1. The lowest BCUT2D eigenvalue weighted by Crippen LogP contribution is -2.44. The van der Waals surface area contributed by atoms with Crippen molar-refractivity contribution in [1.29, 1.82) is 5.26 Å². The first-order chi connectivity index (χ1) is 8.28. The van der Waals surface area contributed by atoms with Crippen molar-refractivity contribution < 1.29 is 0 Å². The van der Waals surface area contributed by atoms with E-state index in [0.29, 0.717) is 6.04 Å². The summed E-state index contributed by atoms with van der Waals surface area (Å²) in [5.74, 6) is 0. The normalized spacial score (nSPS) is 18.6. The fraction of sp³-hybridized carbons (Fsp3) is 0.692. The zero-order valence-corrected chi connectivity index (χ0v) is 10.4. The smallest absolute Gasteiger partial charge is 0.106 e. The van der Waals surface area contributed by atoms with E-state index in [0.717, 1.165) is 25.8 Å². The summed E-state index contributed by atoms with van der Waals surface area (Å²) >= 11 is 0. The summed E-state index contributed by atoms with van der Waals surface area (Å²) in [7, 11) is 0. The van der Waals surface area contributed by atoms with Gasteiger partial charge in [0.1, 0.15) is 5.54 Å². The second-order valence-corrected chi connectivity index (χ2v) is 4.84. The summed E-state index contributed by atoms with van der Waals surface area (Å²) in [6.07, 6.45) is 8.97. The summed E-state index contributed by atoms with van der Waals surface area (Å²) < 4.78 is 1.93. The molecular formula is C13H20N4. The highest BCUT2D eigenvalue weighted by molar-refractivity contribution is 5.09. The minimum Gasteiger partial charge on any atom is -0.297 e. The predicted octanol–water partition coefficient (Wildman–Crippen LogP) is 2.09. The second-order valence-electron chi connectivity index (χ2n) is 4.84. The molecule has 1 fully saturated rings. The Bertz CT molecular complexity index is 375. The molecule has 1 aliphatic carbocycles. The van der Waals surface area contributed by atoms with Crippen molar-refractivity contribution in [3.05, 3.63) is 18.5 Å². The van der Waals surface area contributed by atoms with E-state index >= 15 is 0 Å². The van der Waals surface area contributed by atoms with Crippen LogP contribution in [0.25, 0.3) is 0 Å². The Kier molecular flexibility index (Phi) is 3.80. The van der Waals surface area contributed by atoms with Crippen LogP contribution in [0.2, 0.25) is 0 Å². The Hall–Kier alpha value is -1.34. The fourth-order valence-electron chi connectivity index (χ4n) is 2.11. The molecule has 0 aliphatic heterocycles. The van der Waals surface area contributed by atoms with Gasteiger partial charge in [0.05, 0.1) is 6.07 Å². The van der Waals surface area contributed by atoms with E-state index in [4.69, 9.17) is 0 Å². The summed E-state index contributed by atoms with van der Waals surface area (Å²) in [6, 6.07) is 4.99. The number of hydrogen-bond donors (Lipinski definition) is 1. The van der Waals surface area contributed by atoms with E-state index in [-0.39, 0.29) is 5.54 Å². The SMILES string of the molecule is CCC(C#N)(CCCn1cccn1)NC1CC1. The summed E-state index contributed by atoms with van der Waals surface area (Å²) in [5.41, 5.74) is -0.325. The number of nitriles is 1. The van der Waals surface area contributed by atoms with Crippen LogP contribution in [0.3, 0.4) is 0 Å². The third-order valence-corrected chi connectivity index (χ3v) is 3.43. The number of aryl methyl sites for hydroxylation is 1. The van der Waals surface area contributed by atoms with E-state index in [1.54, 1.807) is 6.20 Å². The van der Waals surface area contributed by atoms with E-state index in [1.807, 2.05) is 16.9 Å². The lowest BCUT2D eigenvalue weighted by molar-refractivity contribution is 0.348. The monoisotopic (exact) mass is 232 g/mol. The molecule has 0 amide bonds. The molecular weight excluding hydrogens is 212 g/mol. The number of aromatic nitrogens is 2. The molecule has 4 heteroatoms. The molecule has 0 radical (unpaired) electrons. The van der Waals surface area contributed by atoms with Gasteiger partial charge in [-0.1, -0.05) is 6.92 Å². The number of rotatable bonds is 7. The molecule has 2 rings (SSSR count). The van der Waals surface area contributed by atoms with Crippen LogP contribution >= 0.6 is 0 Å². The van der Waals surface area contributed by atoms with Crippen molar-refractivity contribution >= 4 is 0 Å². The molecule has 1 saturated carbocycles. The highest BCUT2D eigenvalue weighted by Crippen LogP contribution is 2.26. The molecule has 1 aromatic rings. The van der Waals surface area contributed by atoms with Gasteiger partial charge in [-0.05, 0) is 38.2 Å². The first-order valence-corrected chi connectivity index (χ1v) is 6.44. The van der Waals surface area contributed by atoms with Gasteiger partial charge in [0.2, 0.25) is 0 Å². The Morgan fingerprint density at radius 3 is 2.94 bits per heavy atom. The van der Waals surface area contributed by atoms with Crippen molar-refractivity contribution in [2.24, 2.45) is 0 Å². The van der Waals surface area contributed by atoms with Gasteiger partial charge < -0.3 is 0 Å². The van der Waals surface area contributed by atoms with Crippen LogP contribution in [0, 0.1) is 11.3 Å². The largest absolute Gasteiger partial charge is 0.297 e. The molecule has 17 heavy (non-hydrogen) atoms. The summed E-state index contributed by atoms with van der Waals surface area (Å²) in [6.45, 7) is 2.98. The quantitative estimate of drug-likeness (QED) is 0.783. The van der Waals surface area contributed by atoms with Gasteiger partial charge in [0.15, 0.2) is 0 Å². The second kappa shape index (κ2) is 5.33. The van der Waals surface area contributed by atoms with Gasteiger partial charge in [0.25, 0.3) is 0 Å². The number of nitrogens with zero attached hydrogens (tertiary/aromatic N) is 3. The zero-order chi connectivity index (χ0) is 12.1. The van der Waals surface area contributed by atoms with Gasteiger partial charge >= 0.3 is 0 Å². The van der Waals surface area contributed by atoms with Gasteiger partial charge in [-0.15, -0.1) is 0 Å². The molecule has 1 atom stereocenters. The molecule has 0 saturated heterocycles. The average Bonchev–Trinajstić information content (AvgIpc) is 3.01. The molecule has 0 spiro atoms. The van der Waals surface area contributed by atoms with Crippen LogP contribution in [-0.4, -0.2) is 21.4 Å². The van der Waals surface area contributed by atoms with E-state index in [9.17, 15) is 5.26 Å². The standard InChI is InChI=1S/C13H20N4/c1-2-13(11-14,16-12-5-6-12)7-3-9-17-10-4-8-15-17/h4,8,10,12,16H,2-3,5-7,9H2,1H3. The lowest BCUT2D eigenvalue weighted by Gasteiger charge is -2.26. The van der Waals surface area contributed by atoms with E-state index in [1.165, 1.54) is 12.8 Å². The Morgan fingerprint density at radius 1 is 1.59 bits per heavy atom. The van der Waals surface area contributed by atoms with Crippen molar-refractivity contribution in [3.63, 3.8) is 0 Å². The van der Waals surface area contributed by atoms with Crippen molar-refractivity contribution in [2.75, 3.05) is 0 Å². The van der Waals surface area contributed by atoms with Crippen molar-refractivity contribution in [3.8, 4) is 6.07 Å². The molecule has 0 bridgehead atoms. The molecule has 1 unspecified atom stereocenters. The molecule has 0 aromatic carbocycles. The van der Waals surface area contributed by atoms with Crippen LogP contribution in [0.1, 0.15) is 39.0 Å². The van der Waals surface area contributed by atoms with Gasteiger partial charge in [0, 0.05) is 25.0 Å². The highest BCUT2D eigenvalue weighted by atomic mass is 15.3. The Labute approximate surface area is 103 Å². The van der Waals surface area contributed by atoms with Crippen LogP contribution in [0.15, 0.2) is 18.5 Å². The molecule has 1 N–H and O–H groups in total. The molecule has 1 aromatic heterocycles. The molecule has 1 aliphatic rings. The van der Waals surface area contributed by atoms with E-state index < -0.39 is 0 Å². The maximum absolute atomic E-state index is 9.38. The van der Waals surface area contributed by atoms with Crippen LogP contribution in [0.4, 0.5) is 0 Å². The highest BCUT2D eigenvalue weighted by Gasteiger charge is 2.34. The molecule has 1 heterocycles. The Morgan fingerprint density at radius 2 is 2.41 bits per heavy atom. The zero-order valence-electron chi connectivity index (χ0n) is 10.4. The first-order valence-electron chi connectivity index (χ1n) is 6.44. The van der Waals surface area contributed by atoms with Crippen molar-refractivity contribution in [1.82, 2.24) is 15.1 Å². The minimum absolute atomic E-state index is 0.325. The van der Waals surface area contributed by atoms with Crippen LogP contribution < -0.4 is 5.32 Å². The maximum Gasteiger partial charge on any atom is 0.106 e. The third kappa shape index (κ3) is 3.31.